The maximum absolute atomic E-state index is 11.1. The normalized spacial score (nSPS) is 10.9. The standard InChI is InChI=1S/C13H14BrN3O/c1-9(2)6-17-7-10(8-18)13(16-17)12-4-3-11(14)5-15-12/h3-5,7-9H,6H2,1-2H3. The Bertz CT molecular complexity index is 546. The summed E-state index contributed by atoms with van der Waals surface area (Å²) in [5.74, 6) is 0.482. The van der Waals surface area contributed by atoms with Crippen molar-refractivity contribution in [1.29, 1.82) is 0 Å². The number of nitrogens with zero attached hydrogens (tertiary/aromatic N) is 3. The molecule has 0 aromatic carbocycles. The maximum atomic E-state index is 11.1. The van der Waals surface area contributed by atoms with E-state index in [0.29, 0.717) is 22.9 Å². The molecule has 5 heteroatoms. The van der Waals surface area contributed by atoms with Crippen LogP contribution in [0.25, 0.3) is 11.4 Å². The maximum Gasteiger partial charge on any atom is 0.153 e. The molecule has 2 aromatic rings. The Morgan fingerprint density at radius 2 is 2.22 bits per heavy atom. The molecular weight excluding hydrogens is 294 g/mol. The third-order valence-electron chi connectivity index (χ3n) is 2.44. The topological polar surface area (TPSA) is 47.8 Å². The Morgan fingerprint density at radius 3 is 2.78 bits per heavy atom. The molecule has 0 saturated carbocycles. The average molecular weight is 308 g/mol. The van der Waals surface area contributed by atoms with Crippen LogP contribution in [0.3, 0.4) is 0 Å². The number of aromatic nitrogens is 3. The molecule has 0 spiro atoms. The van der Waals surface area contributed by atoms with Crippen LogP contribution in [0.15, 0.2) is 29.0 Å². The fourth-order valence-electron chi connectivity index (χ4n) is 1.71. The van der Waals surface area contributed by atoms with Crippen LogP contribution in [0.4, 0.5) is 0 Å². The zero-order valence-corrected chi connectivity index (χ0v) is 11.9. The lowest BCUT2D eigenvalue weighted by atomic mass is 10.2. The molecule has 18 heavy (non-hydrogen) atoms. The predicted molar refractivity (Wildman–Crippen MR) is 73.4 cm³/mol. The number of hydrogen-bond acceptors (Lipinski definition) is 3. The molecule has 2 heterocycles. The van der Waals surface area contributed by atoms with Crippen LogP contribution >= 0.6 is 15.9 Å². The SMILES string of the molecule is CC(C)Cn1cc(C=O)c(-c2ccc(Br)cn2)n1. The van der Waals surface area contributed by atoms with Crippen molar-refractivity contribution < 1.29 is 4.79 Å². The van der Waals surface area contributed by atoms with Gasteiger partial charge in [0.05, 0.1) is 11.3 Å². The van der Waals surface area contributed by atoms with Crippen LogP contribution in [0, 0.1) is 5.92 Å². The third-order valence-corrected chi connectivity index (χ3v) is 2.91. The molecule has 94 valence electrons. The molecule has 0 bridgehead atoms. The van der Waals surface area contributed by atoms with E-state index in [-0.39, 0.29) is 0 Å². The first-order valence-electron chi connectivity index (χ1n) is 5.74. The minimum Gasteiger partial charge on any atom is -0.298 e. The third kappa shape index (κ3) is 2.85. The molecule has 2 aromatic heterocycles. The molecule has 0 fully saturated rings. The fourth-order valence-corrected chi connectivity index (χ4v) is 1.94. The average Bonchev–Trinajstić information content (AvgIpc) is 2.72. The highest BCUT2D eigenvalue weighted by molar-refractivity contribution is 9.10. The largest absolute Gasteiger partial charge is 0.298 e. The summed E-state index contributed by atoms with van der Waals surface area (Å²) in [6, 6.07) is 3.73. The monoisotopic (exact) mass is 307 g/mol. The van der Waals surface area contributed by atoms with E-state index in [9.17, 15) is 4.79 Å². The highest BCUT2D eigenvalue weighted by Gasteiger charge is 2.12. The number of carbonyl (C=O) groups is 1. The zero-order chi connectivity index (χ0) is 13.1. The van der Waals surface area contributed by atoms with Crippen molar-refractivity contribution in [2.45, 2.75) is 20.4 Å². The van der Waals surface area contributed by atoms with Crippen LogP contribution < -0.4 is 0 Å². The van der Waals surface area contributed by atoms with Crippen LogP contribution in [-0.2, 0) is 6.54 Å². The van der Waals surface area contributed by atoms with Crippen molar-refractivity contribution in [3.05, 3.63) is 34.6 Å². The summed E-state index contributed by atoms with van der Waals surface area (Å²) >= 11 is 3.33. The van der Waals surface area contributed by atoms with Gasteiger partial charge in [-0.15, -0.1) is 0 Å². The van der Waals surface area contributed by atoms with Gasteiger partial charge in [-0.3, -0.25) is 14.5 Å². The van der Waals surface area contributed by atoms with Gasteiger partial charge in [0, 0.05) is 23.4 Å². The first-order chi connectivity index (χ1) is 8.60. The summed E-state index contributed by atoms with van der Waals surface area (Å²) < 4.78 is 2.70. The van der Waals surface area contributed by atoms with Gasteiger partial charge in [0.15, 0.2) is 6.29 Å². The molecule has 0 aliphatic carbocycles. The molecule has 0 N–H and O–H groups in total. The van der Waals surface area contributed by atoms with E-state index in [1.165, 1.54) is 0 Å². The van der Waals surface area contributed by atoms with E-state index >= 15 is 0 Å². The Kier molecular flexibility index (Phi) is 3.91. The number of rotatable bonds is 4. The highest BCUT2D eigenvalue weighted by atomic mass is 79.9. The molecule has 0 radical (unpaired) electrons. The molecule has 0 aliphatic heterocycles. The smallest absolute Gasteiger partial charge is 0.153 e. The van der Waals surface area contributed by atoms with Gasteiger partial charge in [0.1, 0.15) is 5.69 Å². The molecule has 0 aliphatic rings. The Labute approximate surface area is 114 Å². The van der Waals surface area contributed by atoms with E-state index in [0.717, 1.165) is 17.3 Å². The molecule has 0 unspecified atom stereocenters. The summed E-state index contributed by atoms with van der Waals surface area (Å²) in [6.45, 7) is 5.01. The number of carbonyl (C=O) groups excluding carboxylic acids is 1. The van der Waals surface area contributed by atoms with Crippen LogP contribution in [0.2, 0.25) is 0 Å². The van der Waals surface area contributed by atoms with Crippen molar-refractivity contribution in [2.75, 3.05) is 0 Å². The predicted octanol–water partition coefficient (Wildman–Crippen LogP) is 3.18. The lowest BCUT2D eigenvalue weighted by molar-refractivity contribution is 0.112. The van der Waals surface area contributed by atoms with Crippen LogP contribution in [0.1, 0.15) is 24.2 Å². The minimum absolute atomic E-state index is 0.482. The van der Waals surface area contributed by atoms with E-state index in [1.807, 2.05) is 12.1 Å². The summed E-state index contributed by atoms with van der Waals surface area (Å²) in [6.07, 6.45) is 4.29. The van der Waals surface area contributed by atoms with Gasteiger partial charge in [-0.1, -0.05) is 13.8 Å². The van der Waals surface area contributed by atoms with Crippen LogP contribution in [0.5, 0.6) is 0 Å². The van der Waals surface area contributed by atoms with E-state index in [2.05, 4.69) is 39.9 Å². The second-order valence-corrected chi connectivity index (χ2v) is 5.44. The summed E-state index contributed by atoms with van der Waals surface area (Å²) in [7, 11) is 0. The first kappa shape index (κ1) is 13.0. The second kappa shape index (κ2) is 5.44. The lowest BCUT2D eigenvalue weighted by Gasteiger charge is -2.03. The Balaban J connectivity index is 2.39. The van der Waals surface area contributed by atoms with Gasteiger partial charge in [-0.05, 0) is 34.0 Å². The number of halogens is 1. The van der Waals surface area contributed by atoms with Gasteiger partial charge in [0.25, 0.3) is 0 Å². The summed E-state index contributed by atoms with van der Waals surface area (Å²) in [4.78, 5) is 15.3. The minimum atomic E-state index is 0.482. The Hall–Kier alpha value is -1.49. The second-order valence-electron chi connectivity index (χ2n) is 4.53. The number of hydrogen-bond donors (Lipinski definition) is 0. The van der Waals surface area contributed by atoms with Gasteiger partial charge < -0.3 is 0 Å². The number of aldehydes is 1. The van der Waals surface area contributed by atoms with E-state index in [4.69, 9.17) is 0 Å². The molecule has 0 saturated heterocycles. The van der Waals surface area contributed by atoms with Crippen LogP contribution in [-0.4, -0.2) is 21.1 Å². The number of pyridine rings is 1. The van der Waals surface area contributed by atoms with Crippen molar-refractivity contribution in [3.8, 4) is 11.4 Å². The van der Waals surface area contributed by atoms with Gasteiger partial charge >= 0.3 is 0 Å². The molecular formula is C13H14BrN3O. The molecule has 0 amide bonds. The Morgan fingerprint density at radius 1 is 1.44 bits per heavy atom. The zero-order valence-electron chi connectivity index (χ0n) is 10.3. The van der Waals surface area contributed by atoms with E-state index < -0.39 is 0 Å². The summed E-state index contributed by atoms with van der Waals surface area (Å²) in [5.41, 5.74) is 1.92. The van der Waals surface area contributed by atoms with E-state index in [1.54, 1.807) is 17.1 Å². The highest BCUT2D eigenvalue weighted by Crippen LogP contribution is 2.20. The quantitative estimate of drug-likeness (QED) is 0.815. The molecule has 0 atom stereocenters. The van der Waals surface area contributed by atoms with Crippen molar-refractivity contribution in [2.24, 2.45) is 5.92 Å². The lowest BCUT2D eigenvalue weighted by Crippen LogP contribution is -2.04. The van der Waals surface area contributed by atoms with Gasteiger partial charge in [-0.25, -0.2) is 0 Å². The summed E-state index contributed by atoms with van der Waals surface area (Å²) in [5, 5.41) is 4.43. The van der Waals surface area contributed by atoms with Crippen molar-refractivity contribution in [3.63, 3.8) is 0 Å². The van der Waals surface area contributed by atoms with Gasteiger partial charge in [0.2, 0.25) is 0 Å². The van der Waals surface area contributed by atoms with Crippen molar-refractivity contribution >= 4 is 22.2 Å². The first-order valence-corrected chi connectivity index (χ1v) is 6.54. The molecule has 2 rings (SSSR count). The fraction of sp³-hybridized carbons (Fsp3) is 0.308. The van der Waals surface area contributed by atoms with Gasteiger partial charge in [-0.2, -0.15) is 5.10 Å². The van der Waals surface area contributed by atoms with Crippen molar-refractivity contribution in [1.82, 2.24) is 14.8 Å². The molecule has 4 nitrogen and oxygen atoms in total.